The zero-order valence-corrected chi connectivity index (χ0v) is 6.86. The van der Waals surface area contributed by atoms with Crippen molar-refractivity contribution in [2.45, 2.75) is 44.6 Å². The standard InChI is InChI=1S/C7H15ClO/c1-3-5-7(9)6(8)4-2/h6-7,9H,3-5H2,1-2H3. The summed E-state index contributed by atoms with van der Waals surface area (Å²) in [6, 6.07) is 0. The van der Waals surface area contributed by atoms with Gasteiger partial charge in [0.15, 0.2) is 0 Å². The van der Waals surface area contributed by atoms with Gasteiger partial charge in [0, 0.05) is 0 Å². The molecule has 0 bridgehead atoms. The first-order chi connectivity index (χ1) is 4.22. The maximum absolute atomic E-state index is 9.19. The molecule has 2 heteroatoms. The van der Waals surface area contributed by atoms with E-state index in [1.54, 1.807) is 0 Å². The number of halogens is 1. The minimum atomic E-state index is -0.304. The molecule has 0 saturated carbocycles. The highest BCUT2D eigenvalue weighted by Crippen LogP contribution is 2.11. The molecule has 56 valence electrons. The van der Waals surface area contributed by atoms with Gasteiger partial charge in [-0.25, -0.2) is 0 Å². The molecule has 0 aromatic carbocycles. The third-order valence-corrected chi connectivity index (χ3v) is 1.99. The molecule has 0 heterocycles. The van der Waals surface area contributed by atoms with Gasteiger partial charge in [0.2, 0.25) is 0 Å². The van der Waals surface area contributed by atoms with E-state index in [0.29, 0.717) is 0 Å². The predicted molar refractivity (Wildman–Crippen MR) is 40.8 cm³/mol. The summed E-state index contributed by atoms with van der Waals surface area (Å²) in [6.45, 7) is 4.03. The number of aliphatic hydroxyl groups is 1. The van der Waals surface area contributed by atoms with Crippen molar-refractivity contribution >= 4 is 11.6 Å². The van der Waals surface area contributed by atoms with E-state index >= 15 is 0 Å². The predicted octanol–water partition coefficient (Wildman–Crippen LogP) is 2.16. The van der Waals surface area contributed by atoms with Crippen LogP contribution in [-0.2, 0) is 0 Å². The van der Waals surface area contributed by atoms with E-state index in [1.807, 2.05) is 13.8 Å². The lowest BCUT2D eigenvalue weighted by Crippen LogP contribution is -2.19. The molecule has 1 N–H and O–H groups in total. The molecule has 2 unspecified atom stereocenters. The quantitative estimate of drug-likeness (QED) is 0.609. The van der Waals surface area contributed by atoms with Crippen molar-refractivity contribution in [1.29, 1.82) is 0 Å². The Balaban J connectivity index is 3.32. The number of hydrogen-bond acceptors (Lipinski definition) is 1. The highest BCUT2D eigenvalue weighted by Gasteiger charge is 2.11. The van der Waals surface area contributed by atoms with Gasteiger partial charge in [-0.05, 0) is 12.8 Å². The Hall–Kier alpha value is 0.250. The normalized spacial score (nSPS) is 17.3. The lowest BCUT2D eigenvalue weighted by Gasteiger charge is -2.13. The summed E-state index contributed by atoms with van der Waals surface area (Å²) in [5, 5.41) is 9.13. The fraction of sp³-hybridized carbons (Fsp3) is 1.00. The van der Waals surface area contributed by atoms with E-state index in [2.05, 4.69) is 0 Å². The molecule has 0 aromatic heterocycles. The summed E-state index contributed by atoms with van der Waals surface area (Å²) >= 11 is 5.74. The summed E-state index contributed by atoms with van der Waals surface area (Å²) in [5.41, 5.74) is 0. The fourth-order valence-corrected chi connectivity index (χ4v) is 0.875. The molecule has 1 nitrogen and oxygen atoms in total. The van der Waals surface area contributed by atoms with Gasteiger partial charge in [-0.3, -0.25) is 0 Å². The van der Waals surface area contributed by atoms with Crippen molar-refractivity contribution in [2.24, 2.45) is 0 Å². The molecule has 2 atom stereocenters. The van der Waals surface area contributed by atoms with Crippen molar-refractivity contribution in [1.82, 2.24) is 0 Å². The average Bonchev–Trinajstić information content (AvgIpc) is 1.87. The van der Waals surface area contributed by atoms with E-state index in [9.17, 15) is 5.11 Å². The monoisotopic (exact) mass is 150 g/mol. The fourth-order valence-electron chi connectivity index (χ4n) is 0.749. The number of hydrogen-bond donors (Lipinski definition) is 1. The largest absolute Gasteiger partial charge is 0.392 e. The lowest BCUT2D eigenvalue weighted by molar-refractivity contribution is 0.156. The van der Waals surface area contributed by atoms with Crippen LogP contribution in [0.3, 0.4) is 0 Å². The summed E-state index contributed by atoms with van der Waals surface area (Å²) in [6.07, 6.45) is 2.37. The zero-order chi connectivity index (χ0) is 7.28. The first-order valence-corrected chi connectivity index (χ1v) is 3.98. The van der Waals surface area contributed by atoms with Crippen LogP contribution >= 0.6 is 11.6 Å². The Morgan fingerprint density at radius 1 is 1.44 bits per heavy atom. The van der Waals surface area contributed by atoms with Crippen LogP contribution in [0.1, 0.15) is 33.1 Å². The Kier molecular flexibility index (Phi) is 5.21. The van der Waals surface area contributed by atoms with E-state index in [4.69, 9.17) is 11.6 Å². The van der Waals surface area contributed by atoms with E-state index < -0.39 is 0 Å². The molecular weight excluding hydrogens is 136 g/mol. The van der Waals surface area contributed by atoms with Gasteiger partial charge in [0.1, 0.15) is 0 Å². The van der Waals surface area contributed by atoms with Gasteiger partial charge in [-0.15, -0.1) is 11.6 Å². The van der Waals surface area contributed by atoms with Crippen LogP contribution < -0.4 is 0 Å². The molecule has 0 aromatic rings. The maximum atomic E-state index is 9.19. The first kappa shape index (κ1) is 9.25. The SMILES string of the molecule is CCCC(O)C(Cl)CC. The second-order valence-corrected chi connectivity index (χ2v) is 2.84. The summed E-state index contributed by atoms with van der Waals surface area (Å²) in [4.78, 5) is 0. The maximum Gasteiger partial charge on any atom is 0.0703 e. The Labute approximate surface area is 62.0 Å². The van der Waals surface area contributed by atoms with Crippen molar-refractivity contribution in [3.05, 3.63) is 0 Å². The third-order valence-electron chi connectivity index (χ3n) is 1.39. The number of aliphatic hydroxyl groups excluding tert-OH is 1. The average molecular weight is 151 g/mol. The van der Waals surface area contributed by atoms with Gasteiger partial charge < -0.3 is 5.11 Å². The molecule has 0 aliphatic carbocycles. The summed E-state index contributed by atoms with van der Waals surface area (Å²) in [5.74, 6) is 0. The van der Waals surface area contributed by atoms with Crippen LogP contribution in [0.15, 0.2) is 0 Å². The van der Waals surface area contributed by atoms with Crippen LogP contribution in [0.5, 0.6) is 0 Å². The second kappa shape index (κ2) is 5.07. The van der Waals surface area contributed by atoms with Crippen LogP contribution in [-0.4, -0.2) is 16.6 Å². The van der Waals surface area contributed by atoms with Crippen molar-refractivity contribution < 1.29 is 5.11 Å². The smallest absolute Gasteiger partial charge is 0.0703 e. The molecule has 0 saturated heterocycles. The Morgan fingerprint density at radius 2 is 2.00 bits per heavy atom. The molecule has 0 aliphatic rings. The van der Waals surface area contributed by atoms with Crippen LogP contribution in [0.4, 0.5) is 0 Å². The minimum absolute atomic E-state index is 0.0510. The molecular formula is C7H15ClO. The zero-order valence-electron chi connectivity index (χ0n) is 6.10. The summed E-state index contributed by atoms with van der Waals surface area (Å²) < 4.78 is 0. The third kappa shape index (κ3) is 3.77. The second-order valence-electron chi connectivity index (χ2n) is 2.28. The lowest BCUT2D eigenvalue weighted by atomic mass is 10.1. The van der Waals surface area contributed by atoms with Crippen LogP contribution in [0.2, 0.25) is 0 Å². The van der Waals surface area contributed by atoms with Crippen molar-refractivity contribution in [2.75, 3.05) is 0 Å². The first-order valence-electron chi connectivity index (χ1n) is 3.54. The highest BCUT2D eigenvalue weighted by molar-refractivity contribution is 6.20. The molecule has 0 aliphatic heterocycles. The van der Waals surface area contributed by atoms with E-state index in [1.165, 1.54) is 0 Å². The molecule has 0 amide bonds. The minimum Gasteiger partial charge on any atom is -0.392 e. The molecule has 0 radical (unpaired) electrons. The summed E-state index contributed by atoms with van der Waals surface area (Å²) in [7, 11) is 0. The van der Waals surface area contributed by atoms with E-state index in [0.717, 1.165) is 19.3 Å². The van der Waals surface area contributed by atoms with Gasteiger partial charge >= 0.3 is 0 Å². The van der Waals surface area contributed by atoms with Crippen molar-refractivity contribution in [3.63, 3.8) is 0 Å². The molecule has 0 spiro atoms. The van der Waals surface area contributed by atoms with Crippen molar-refractivity contribution in [3.8, 4) is 0 Å². The van der Waals surface area contributed by atoms with Crippen LogP contribution in [0.25, 0.3) is 0 Å². The topological polar surface area (TPSA) is 20.2 Å². The molecule has 9 heavy (non-hydrogen) atoms. The van der Waals surface area contributed by atoms with Gasteiger partial charge in [0.25, 0.3) is 0 Å². The van der Waals surface area contributed by atoms with E-state index in [-0.39, 0.29) is 11.5 Å². The Bertz CT molecular complexity index is 65.9. The van der Waals surface area contributed by atoms with Crippen LogP contribution in [0, 0.1) is 0 Å². The van der Waals surface area contributed by atoms with Gasteiger partial charge in [-0.2, -0.15) is 0 Å². The number of rotatable bonds is 4. The molecule has 0 rings (SSSR count). The van der Waals surface area contributed by atoms with Gasteiger partial charge in [-0.1, -0.05) is 20.3 Å². The Morgan fingerprint density at radius 3 is 2.33 bits per heavy atom. The number of alkyl halides is 1. The molecule has 0 fully saturated rings. The highest BCUT2D eigenvalue weighted by atomic mass is 35.5. The van der Waals surface area contributed by atoms with Gasteiger partial charge in [0.05, 0.1) is 11.5 Å².